The Bertz CT molecular complexity index is 725. The van der Waals surface area contributed by atoms with Crippen LogP contribution in [0.1, 0.15) is 17.3 Å². The van der Waals surface area contributed by atoms with Crippen molar-refractivity contribution in [3.8, 4) is 5.75 Å². The van der Waals surface area contributed by atoms with Gasteiger partial charge in [0.2, 0.25) is 0 Å². The van der Waals surface area contributed by atoms with Gasteiger partial charge in [-0.15, -0.1) is 0 Å². The van der Waals surface area contributed by atoms with Crippen LogP contribution in [0.2, 0.25) is 0 Å². The average molecular weight is 342 g/mol. The number of ether oxygens (including phenoxy) is 1. The molecule has 0 spiro atoms. The zero-order valence-electron chi connectivity index (χ0n) is 14.6. The molecule has 0 N–H and O–H groups in total. The predicted octanol–water partition coefficient (Wildman–Crippen LogP) is 3.23. The molecule has 1 unspecified atom stereocenters. The predicted molar refractivity (Wildman–Crippen MR) is 97.0 cm³/mol. The van der Waals surface area contributed by atoms with Gasteiger partial charge in [-0.05, 0) is 43.3 Å². The summed E-state index contributed by atoms with van der Waals surface area (Å²) in [4.78, 5) is 17.1. The molecule has 132 valence electrons. The lowest BCUT2D eigenvalue weighted by Crippen LogP contribution is -2.51. The Morgan fingerprint density at radius 3 is 2.40 bits per heavy atom. The molecule has 0 bridgehead atoms. The summed E-state index contributed by atoms with van der Waals surface area (Å²) >= 11 is 0. The van der Waals surface area contributed by atoms with E-state index >= 15 is 0 Å². The van der Waals surface area contributed by atoms with Gasteiger partial charge in [0.1, 0.15) is 11.6 Å². The lowest BCUT2D eigenvalue weighted by Gasteiger charge is -2.38. The minimum atomic E-state index is -0.323. The van der Waals surface area contributed by atoms with Crippen LogP contribution < -0.4 is 9.64 Å². The Morgan fingerprint density at radius 2 is 1.76 bits per heavy atom. The molecule has 0 amide bonds. The van der Waals surface area contributed by atoms with E-state index in [-0.39, 0.29) is 17.6 Å². The maximum Gasteiger partial charge on any atom is 0.179 e. The number of ketones is 1. The average Bonchev–Trinajstić information content (AvgIpc) is 2.67. The number of benzene rings is 2. The highest BCUT2D eigenvalue weighted by Gasteiger charge is 2.26. The Labute approximate surface area is 147 Å². The zero-order valence-corrected chi connectivity index (χ0v) is 14.6. The molecule has 1 heterocycles. The fourth-order valence-electron chi connectivity index (χ4n) is 3.20. The molecule has 1 atom stereocenters. The van der Waals surface area contributed by atoms with Gasteiger partial charge in [0.25, 0.3) is 0 Å². The van der Waals surface area contributed by atoms with Gasteiger partial charge in [-0.25, -0.2) is 4.39 Å². The van der Waals surface area contributed by atoms with Crippen molar-refractivity contribution in [3.05, 3.63) is 59.9 Å². The van der Waals surface area contributed by atoms with Crippen LogP contribution in [0.4, 0.5) is 10.1 Å². The standard InChI is InChI=1S/C20H23FN2O2/c1-15(20(24)16-6-8-17(21)9-7-16)22-10-12-23(13-11-22)18-4-3-5-19(14-18)25-2/h3-9,14-15H,10-13H2,1-2H3. The van der Waals surface area contributed by atoms with Crippen LogP contribution in [0.25, 0.3) is 0 Å². The molecule has 2 aromatic carbocycles. The number of halogens is 1. The highest BCUT2D eigenvalue weighted by atomic mass is 19.1. The van der Waals surface area contributed by atoms with Crippen LogP contribution >= 0.6 is 0 Å². The highest BCUT2D eigenvalue weighted by molar-refractivity contribution is 5.99. The molecular formula is C20H23FN2O2. The fraction of sp³-hybridized carbons (Fsp3) is 0.350. The molecule has 3 rings (SSSR count). The number of hydrogen-bond acceptors (Lipinski definition) is 4. The third kappa shape index (κ3) is 3.99. The van der Waals surface area contributed by atoms with Crippen LogP contribution in [-0.2, 0) is 0 Å². The second-order valence-corrected chi connectivity index (χ2v) is 6.27. The summed E-state index contributed by atoms with van der Waals surface area (Å²) in [5.41, 5.74) is 1.70. The maximum atomic E-state index is 13.0. The van der Waals surface area contributed by atoms with Crippen molar-refractivity contribution in [2.75, 3.05) is 38.2 Å². The first-order chi connectivity index (χ1) is 12.1. The lowest BCUT2D eigenvalue weighted by atomic mass is 10.0. The van der Waals surface area contributed by atoms with Crippen molar-refractivity contribution in [1.82, 2.24) is 4.90 Å². The first kappa shape index (κ1) is 17.4. The number of nitrogens with zero attached hydrogens (tertiary/aromatic N) is 2. The third-order valence-corrected chi connectivity index (χ3v) is 4.79. The monoisotopic (exact) mass is 342 g/mol. The molecule has 4 nitrogen and oxygen atoms in total. The third-order valence-electron chi connectivity index (χ3n) is 4.79. The number of carbonyl (C=O) groups is 1. The maximum absolute atomic E-state index is 13.0. The number of Topliss-reactive ketones (excluding diaryl/α,β-unsaturated/α-hetero) is 1. The van der Waals surface area contributed by atoms with Gasteiger partial charge in [0.05, 0.1) is 13.2 Å². The van der Waals surface area contributed by atoms with Crippen molar-refractivity contribution in [3.63, 3.8) is 0 Å². The summed E-state index contributed by atoms with van der Waals surface area (Å²) in [6.07, 6.45) is 0. The SMILES string of the molecule is COc1cccc(N2CCN(C(C)C(=O)c3ccc(F)cc3)CC2)c1. The molecular weight excluding hydrogens is 319 g/mol. The van der Waals surface area contributed by atoms with Crippen molar-refractivity contribution < 1.29 is 13.9 Å². The van der Waals surface area contributed by atoms with Crippen LogP contribution in [0.5, 0.6) is 5.75 Å². The quantitative estimate of drug-likeness (QED) is 0.781. The van der Waals surface area contributed by atoms with Crippen LogP contribution in [0, 0.1) is 5.82 Å². The summed E-state index contributed by atoms with van der Waals surface area (Å²) in [5, 5.41) is 0. The van der Waals surface area contributed by atoms with Gasteiger partial charge in [0, 0.05) is 43.5 Å². The number of rotatable bonds is 5. The largest absolute Gasteiger partial charge is 0.497 e. The molecule has 25 heavy (non-hydrogen) atoms. The number of hydrogen-bond donors (Lipinski definition) is 0. The molecule has 0 saturated carbocycles. The Hall–Kier alpha value is -2.40. The number of piperazine rings is 1. The van der Waals surface area contributed by atoms with E-state index in [1.54, 1.807) is 19.2 Å². The van der Waals surface area contributed by atoms with Gasteiger partial charge >= 0.3 is 0 Å². The molecule has 1 saturated heterocycles. The smallest absolute Gasteiger partial charge is 0.179 e. The molecule has 2 aromatic rings. The van der Waals surface area contributed by atoms with Crippen molar-refractivity contribution in [2.45, 2.75) is 13.0 Å². The van der Waals surface area contributed by atoms with Crippen LogP contribution in [0.3, 0.4) is 0 Å². The zero-order chi connectivity index (χ0) is 17.8. The minimum absolute atomic E-state index is 0.0369. The minimum Gasteiger partial charge on any atom is -0.497 e. The second kappa shape index (κ2) is 7.66. The lowest BCUT2D eigenvalue weighted by molar-refractivity contribution is 0.0830. The van der Waals surface area contributed by atoms with Crippen molar-refractivity contribution in [2.24, 2.45) is 0 Å². The number of carbonyl (C=O) groups excluding carboxylic acids is 1. The molecule has 0 aliphatic carbocycles. The van der Waals surface area contributed by atoms with E-state index in [4.69, 9.17) is 4.74 Å². The number of methoxy groups -OCH3 is 1. The van der Waals surface area contributed by atoms with E-state index in [9.17, 15) is 9.18 Å². The molecule has 0 radical (unpaired) electrons. The topological polar surface area (TPSA) is 32.8 Å². The summed E-state index contributed by atoms with van der Waals surface area (Å²) in [5.74, 6) is 0.561. The van der Waals surface area contributed by atoms with E-state index in [1.807, 2.05) is 25.1 Å². The second-order valence-electron chi connectivity index (χ2n) is 6.27. The van der Waals surface area contributed by atoms with Crippen LogP contribution in [0.15, 0.2) is 48.5 Å². The molecule has 1 aliphatic rings. The Kier molecular flexibility index (Phi) is 5.34. The van der Waals surface area contributed by atoms with E-state index in [2.05, 4.69) is 15.9 Å². The normalized spacial score (nSPS) is 16.5. The van der Waals surface area contributed by atoms with Crippen LogP contribution in [-0.4, -0.2) is 50.0 Å². The first-order valence-electron chi connectivity index (χ1n) is 8.51. The highest BCUT2D eigenvalue weighted by Crippen LogP contribution is 2.23. The Morgan fingerprint density at radius 1 is 1.08 bits per heavy atom. The summed E-state index contributed by atoms with van der Waals surface area (Å²) in [6.45, 7) is 5.26. The summed E-state index contributed by atoms with van der Waals surface area (Å²) < 4.78 is 18.3. The van der Waals surface area contributed by atoms with Crippen molar-refractivity contribution >= 4 is 11.5 Å². The summed E-state index contributed by atoms with van der Waals surface area (Å²) in [7, 11) is 1.67. The number of anilines is 1. The summed E-state index contributed by atoms with van der Waals surface area (Å²) in [6, 6.07) is 13.6. The van der Waals surface area contributed by atoms with Crippen molar-refractivity contribution in [1.29, 1.82) is 0 Å². The molecule has 1 aliphatic heterocycles. The van der Waals surface area contributed by atoms with Gasteiger partial charge in [-0.3, -0.25) is 9.69 Å². The van der Waals surface area contributed by atoms with E-state index in [1.165, 1.54) is 12.1 Å². The van der Waals surface area contributed by atoms with Gasteiger partial charge in [0.15, 0.2) is 5.78 Å². The van der Waals surface area contributed by atoms with Gasteiger partial charge in [-0.2, -0.15) is 0 Å². The van der Waals surface area contributed by atoms with Gasteiger partial charge in [-0.1, -0.05) is 6.07 Å². The molecule has 5 heteroatoms. The van der Waals surface area contributed by atoms with E-state index in [0.29, 0.717) is 5.56 Å². The molecule has 1 fully saturated rings. The first-order valence-corrected chi connectivity index (χ1v) is 8.51. The Balaban J connectivity index is 1.61. The van der Waals surface area contributed by atoms with E-state index in [0.717, 1.165) is 37.6 Å². The fourth-order valence-corrected chi connectivity index (χ4v) is 3.20. The van der Waals surface area contributed by atoms with Gasteiger partial charge < -0.3 is 9.64 Å². The molecule has 0 aromatic heterocycles. The van der Waals surface area contributed by atoms with E-state index < -0.39 is 0 Å².